The van der Waals surface area contributed by atoms with Gasteiger partial charge in [0.15, 0.2) is 6.61 Å². The second kappa shape index (κ2) is 8.01. The molecule has 1 aromatic rings. The maximum absolute atomic E-state index is 11.5. The van der Waals surface area contributed by atoms with Crippen LogP contribution >= 0.6 is 24.0 Å². The molecular formula is C13H18N2O2S2. The summed E-state index contributed by atoms with van der Waals surface area (Å²) in [5.41, 5.74) is 6.27. The number of nitrogens with one attached hydrogen (secondary N) is 1. The Morgan fingerprint density at radius 3 is 2.63 bits per heavy atom. The van der Waals surface area contributed by atoms with Gasteiger partial charge in [-0.15, -0.1) is 0 Å². The van der Waals surface area contributed by atoms with Crippen molar-refractivity contribution in [2.24, 2.45) is 5.73 Å². The molecule has 0 radical (unpaired) electrons. The van der Waals surface area contributed by atoms with Gasteiger partial charge in [0.25, 0.3) is 5.91 Å². The summed E-state index contributed by atoms with van der Waals surface area (Å²) >= 11 is 6.56. The van der Waals surface area contributed by atoms with Crippen LogP contribution in [0.15, 0.2) is 24.3 Å². The highest BCUT2D eigenvalue weighted by atomic mass is 32.2. The first-order valence-corrected chi connectivity index (χ1v) is 7.54. The van der Waals surface area contributed by atoms with E-state index < -0.39 is 0 Å². The van der Waals surface area contributed by atoms with Crippen molar-refractivity contribution in [2.75, 3.05) is 19.4 Å². The third kappa shape index (κ3) is 5.94. The Kier molecular flexibility index (Phi) is 6.66. The van der Waals surface area contributed by atoms with Gasteiger partial charge in [0, 0.05) is 17.4 Å². The molecule has 0 aliphatic heterocycles. The number of rotatable bonds is 7. The van der Waals surface area contributed by atoms with Gasteiger partial charge >= 0.3 is 0 Å². The fourth-order valence-electron chi connectivity index (χ4n) is 1.26. The van der Waals surface area contributed by atoms with Gasteiger partial charge in [0.1, 0.15) is 10.7 Å². The first-order valence-electron chi connectivity index (χ1n) is 5.85. The van der Waals surface area contributed by atoms with Crippen molar-refractivity contribution >= 4 is 34.9 Å². The van der Waals surface area contributed by atoms with Gasteiger partial charge in [-0.25, -0.2) is 0 Å². The second-order valence-corrected chi connectivity index (χ2v) is 5.74. The van der Waals surface area contributed by atoms with Crippen molar-refractivity contribution in [1.82, 2.24) is 5.32 Å². The highest BCUT2D eigenvalue weighted by Crippen LogP contribution is 2.11. The molecule has 0 saturated carbocycles. The maximum atomic E-state index is 11.5. The first-order chi connectivity index (χ1) is 9.02. The predicted molar refractivity (Wildman–Crippen MR) is 83.8 cm³/mol. The van der Waals surface area contributed by atoms with Crippen LogP contribution in [-0.4, -0.2) is 35.6 Å². The third-order valence-corrected chi connectivity index (χ3v) is 3.70. The highest BCUT2D eigenvalue weighted by molar-refractivity contribution is 7.99. The van der Waals surface area contributed by atoms with Crippen molar-refractivity contribution in [3.05, 3.63) is 29.8 Å². The average Bonchev–Trinajstić information content (AvgIpc) is 2.42. The van der Waals surface area contributed by atoms with E-state index in [1.807, 2.05) is 6.26 Å². The number of carbonyl (C=O) groups is 1. The Hall–Kier alpha value is -1.27. The van der Waals surface area contributed by atoms with E-state index in [-0.39, 0.29) is 12.5 Å². The monoisotopic (exact) mass is 298 g/mol. The highest BCUT2D eigenvalue weighted by Gasteiger charge is 2.05. The molecule has 0 bridgehead atoms. The zero-order valence-corrected chi connectivity index (χ0v) is 12.6. The fraction of sp³-hybridized carbons (Fsp3) is 0.385. The number of carbonyl (C=O) groups excluding carboxylic acids is 1. The van der Waals surface area contributed by atoms with Crippen LogP contribution < -0.4 is 15.8 Å². The Morgan fingerprint density at radius 1 is 1.47 bits per heavy atom. The molecule has 0 aromatic heterocycles. The molecule has 1 rings (SSSR count). The molecule has 0 heterocycles. The molecule has 0 saturated heterocycles. The van der Waals surface area contributed by atoms with Crippen molar-refractivity contribution in [1.29, 1.82) is 0 Å². The van der Waals surface area contributed by atoms with Crippen LogP contribution in [0, 0.1) is 0 Å². The normalized spacial score (nSPS) is 11.7. The lowest BCUT2D eigenvalue weighted by Crippen LogP contribution is -2.33. The fourth-order valence-corrected chi connectivity index (χ4v) is 1.64. The Bertz CT molecular complexity index is 435. The third-order valence-electron chi connectivity index (χ3n) is 2.50. The van der Waals surface area contributed by atoms with Crippen LogP contribution in [0.5, 0.6) is 5.75 Å². The number of thiocarbonyl (C=S) groups is 1. The van der Waals surface area contributed by atoms with E-state index in [1.54, 1.807) is 36.0 Å². The van der Waals surface area contributed by atoms with E-state index in [1.165, 1.54) is 0 Å². The van der Waals surface area contributed by atoms with Crippen molar-refractivity contribution < 1.29 is 9.53 Å². The summed E-state index contributed by atoms with van der Waals surface area (Å²) in [5, 5.41) is 3.20. The summed E-state index contributed by atoms with van der Waals surface area (Å²) in [6, 6.07) is 7.02. The molecule has 6 heteroatoms. The van der Waals surface area contributed by atoms with E-state index in [0.717, 1.165) is 5.56 Å². The average molecular weight is 298 g/mol. The number of ether oxygens (including phenoxy) is 1. The van der Waals surface area contributed by atoms with Gasteiger partial charge in [-0.05, 0) is 30.5 Å². The SMILES string of the molecule is CSC(C)CNC(=O)COc1ccc(C(N)=S)cc1. The van der Waals surface area contributed by atoms with Crippen LogP contribution in [0.25, 0.3) is 0 Å². The Balaban J connectivity index is 2.35. The Labute approximate surface area is 123 Å². The molecule has 0 spiro atoms. The number of amides is 1. The zero-order chi connectivity index (χ0) is 14.3. The van der Waals surface area contributed by atoms with Crippen LogP contribution in [0.1, 0.15) is 12.5 Å². The minimum Gasteiger partial charge on any atom is -0.484 e. The number of nitrogens with two attached hydrogens (primary N) is 1. The van der Waals surface area contributed by atoms with Crippen molar-refractivity contribution in [3.8, 4) is 5.75 Å². The van der Waals surface area contributed by atoms with Crippen molar-refractivity contribution in [2.45, 2.75) is 12.2 Å². The predicted octanol–water partition coefficient (Wildman–Crippen LogP) is 1.57. The van der Waals surface area contributed by atoms with Crippen LogP contribution in [0.4, 0.5) is 0 Å². The molecule has 1 amide bonds. The van der Waals surface area contributed by atoms with E-state index >= 15 is 0 Å². The molecule has 0 aliphatic carbocycles. The van der Waals surface area contributed by atoms with E-state index in [9.17, 15) is 4.79 Å². The summed E-state index contributed by atoms with van der Waals surface area (Å²) in [6.45, 7) is 2.71. The summed E-state index contributed by atoms with van der Waals surface area (Å²) in [4.78, 5) is 11.9. The molecule has 3 N–H and O–H groups in total. The van der Waals surface area contributed by atoms with Gasteiger partial charge in [-0.3, -0.25) is 4.79 Å². The minimum absolute atomic E-state index is 0.00746. The minimum atomic E-state index is -0.126. The van der Waals surface area contributed by atoms with E-state index in [2.05, 4.69) is 12.2 Å². The smallest absolute Gasteiger partial charge is 0.257 e. The number of benzene rings is 1. The van der Waals surface area contributed by atoms with E-state index in [4.69, 9.17) is 22.7 Å². The lowest BCUT2D eigenvalue weighted by atomic mass is 10.2. The number of hydrogen-bond acceptors (Lipinski definition) is 4. The van der Waals surface area contributed by atoms with Crippen molar-refractivity contribution in [3.63, 3.8) is 0 Å². The topological polar surface area (TPSA) is 64.3 Å². The quantitative estimate of drug-likeness (QED) is 0.748. The molecule has 1 atom stereocenters. The van der Waals surface area contributed by atoms with Gasteiger partial charge in [-0.1, -0.05) is 19.1 Å². The van der Waals surface area contributed by atoms with Gasteiger partial charge in [0.2, 0.25) is 0 Å². The molecular weight excluding hydrogens is 280 g/mol. The molecule has 0 aliphatic rings. The molecule has 104 valence electrons. The van der Waals surface area contributed by atoms with Crippen LogP contribution in [0.3, 0.4) is 0 Å². The first kappa shape index (κ1) is 15.8. The zero-order valence-electron chi connectivity index (χ0n) is 11.0. The molecule has 4 nitrogen and oxygen atoms in total. The second-order valence-electron chi connectivity index (χ2n) is 4.03. The summed E-state index contributed by atoms with van der Waals surface area (Å²) in [5.74, 6) is 0.493. The largest absolute Gasteiger partial charge is 0.484 e. The van der Waals surface area contributed by atoms with Crippen LogP contribution in [-0.2, 0) is 4.79 Å². The number of thioether (sulfide) groups is 1. The van der Waals surface area contributed by atoms with E-state index in [0.29, 0.717) is 22.5 Å². The molecule has 1 aromatic carbocycles. The lowest BCUT2D eigenvalue weighted by Gasteiger charge is -2.10. The van der Waals surface area contributed by atoms with Crippen LogP contribution in [0.2, 0.25) is 0 Å². The summed E-state index contributed by atoms with van der Waals surface area (Å²) in [7, 11) is 0. The summed E-state index contributed by atoms with van der Waals surface area (Å²) in [6.07, 6.45) is 2.01. The molecule has 0 fully saturated rings. The maximum Gasteiger partial charge on any atom is 0.257 e. The van der Waals surface area contributed by atoms with Gasteiger partial charge in [0.05, 0.1) is 0 Å². The van der Waals surface area contributed by atoms with Gasteiger partial charge < -0.3 is 15.8 Å². The molecule has 1 unspecified atom stereocenters. The number of hydrogen-bond donors (Lipinski definition) is 2. The standard InChI is InChI=1S/C13H18N2O2S2/c1-9(19-2)7-15-12(16)8-17-11-5-3-10(4-6-11)13(14)18/h3-6,9H,7-8H2,1-2H3,(H2,14,18)(H,15,16). The summed E-state index contributed by atoms with van der Waals surface area (Å²) < 4.78 is 5.37. The Morgan fingerprint density at radius 2 is 2.11 bits per heavy atom. The molecule has 19 heavy (non-hydrogen) atoms. The lowest BCUT2D eigenvalue weighted by molar-refractivity contribution is -0.123. The van der Waals surface area contributed by atoms with Gasteiger partial charge in [-0.2, -0.15) is 11.8 Å².